The number of para-hydroxylation sites is 2. The monoisotopic (exact) mass is 476 g/mol. The minimum atomic E-state index is -0.0296. The van der Waals surface area contributed by atoms with Gasteiger partial charge in [0.15, 0.2) is 0 Å². The van der Waals surface area contributed by atoms with E-state index in [1.165, 1.54) is 0 Å². The topological polar surface area (TPSA) is 67.2 Å². The first-order valence-electron chi connectivity index (χ1n) is 13.0. The van der Waals surface area contributed by atoms with E-state index in [4.69, 9.17) is 4.98 Å². The summed E-state index contributed by atoms with van der Waals surface area (Å²) in [5, 5.41) is 2.99. The maximum absolute atomic E-state index is 13.4. The molecule has 0 aliphatic carbocycles. The highest BCUT2D eigenvalue weighted by molar-refractivity contribution is 5.94. The number of unbranched alkanes of at least 4 members (excludes halogenated alkanes) is 2. The van der Waals surface area contributed by atoms with Gasteiger partial charge in [-0.25, -0.2) is 4.98 Å². The number of carbonyl (C=O) groups is 2. The number of rotatable bonds is 13. The van der Waals surface area contributed by atoms with Crippen molar-refractivity contribution in [2.24, 2.45) is 0 Å². The summed E-state index contributed by atoms with van der Waals surface area (Å²) >= 11 is 0. The van der Waals surface area contributed by atoms with Crippen molar-refractivity contribution in [3.8, 4) is 0 Å². The van der Waals surface area contributed by atoms with Crippen molar-refractivity contribution in [3.63, 3.8) is 0 Å². The van der Waals surface area contributed by atoms with E-state index in [2.05, 4.69) is 43.6 Å². The Hall–Kier alpha value is -3.15. The van der Waals surface area contributed by atoms with Crippen molar-refractivity contribution in [2.75, 3.05) is 6.54 Å². The van der Waals surface area contributed by atoms with Crippen molar-refractivity contribution in [3.05, 3.63) is 66.0 Å². The van der Waals surface area contributed by atoms with Gasteiger partial charge in [-0.1, -0.05) is 50.6 Å². The number of benzene rings is 2. The lowest BCUT2D eigenvalue weighted by molar-refractivity contribution is -0.136. The number of fused-ring (bicyclic) bond motifs is 1. The fraction of sp³-hybridized carbons (Fsp3) is 0.483. The summed E-state index contributed by atoms with van der Waals surface area (Å²) in [6, 6.07) is 17.8. The molecule has 1 heterocycles. The van der Waals surface area contributed by atoms with Gasteiger partial charge in [-0.3, -0.25) is 9.59 Å². The Bertz CT molecular complexity index is 1080. The van der Waals surface area contributed by atoms with Gasteiger partial charge in [-0.2, -0.15) is 0 Å². The van der Waals surface area contributed by atoms with Crippen molar-refractivity contribution in [2.45, 2.75) is 84.8 Å². The summed E-state index contributed by atoms with van der Waals surface area (Å²) in [4.78, 5) is 32.5. The van der Waals surface area contributed by atoms with Gasteiger partial charge in [0.05, 0.1) is 11.0 Å². The second-order valence-electron chi connectivity index (χ2n) is 9.35. The lowest BCUT2D eigenvalue weighted by Gasteiger charge is -2.34. The molecule has 1 N–H and O–H groups in total. The first-order valence-corrected chi connectivity index (χ1v) is 13.0. The largest absolute Gasteiger partial charge is 0.352 e. The molecule has 1 aromatic heterocycles. The molecular formula is C29H40N4O2. The van der Waals surface area contributed by atoms with Crippen LogP contribution in [0.3, 0.4) is 0 Å². The standard InChI is InChI=1S/C29H40N4O2/c1-5-22(3)33(23(4)6-2)28(34)21-32-26-18-13-12-17-25(26)31-27(32)19-11-8-14-20-30-29(35)24-15-9-7-10-16-24/h7,9-10,12-13,15-18,22-23H,5-6,8,11,14,19-21H2,1-4H3,(H,30,35). The number of aryl methyl sites for hydroxylation is 1. The molecule has 6 heteroatoms. The molecule has 0 spiro atoms. The Labute approximate surface area is 209 Å². The van der Waals surface area contributed by atoms with Gasteiger partial charge >= 0.3 is 0 Å². The van der Waals surface area contributed by atoms with Crippen molar-refractivity contribution in [1.82, 2.24) is 19.8 Å². The van der Waals surface area contributed by atoms with Crippen LogP contribution in [0.2, 0.25) is 0 Å². The first-order chi connectivity index (χ1) is 17.0. The van der Waals surface area contributed by atoms with E-state index in [-0.39, 0.29) is 23.9 Å². The molecule has 35 heavy (non-hydrogen) atoms. The minimum Gasteiger partial charge on any atom is -0.352 e. The maximum atomic E-state index is 13.4. The fourth-order valence-corrected chi connectivity index (χ4v) is 4.51. The summed E-state index contributed by atoms with van der Waals surface area (Å²) in [7, 11) is 0. The number of amides is 2. The Morgan fingerprint density at radius 1 is 0.914 bits per heavy atom. The van der Waals surface area contributed by atoms with Gasteiger partial charge < -0.3 is 14.8 Å². The number of imidazole rings is 1. The van der Waals surface area contributed by atoms with Crippen LogP contribution in [0, 0.1) is 0 Å². The van der Waals surface area contributed by atoms with Crippen LogP contribution in [0.4, 0.5) is 0 Å². The van der Waals surface area contributed by atoms with E-state index in [1.54, 1.807) is 0 Å². The van der Waals surface area contributed by atoms with Gasteiger partial charge in [-0.05, 0) is 63.8 Å². The molecule has 0 aliphatic rings. The third-order valence-corrected chi connectivity index (χ3v) is 6.85. The number of hydrogen-bond donors (Lipinski definition) is 1. The van der Waals surface area contributed by atoms with Crippen LogP contribution in [0.15, 0.2) is 54.6 Å². The SMILES string of the molecule is CCC(C)N(C(=O)Cn1c(CCCCCNC(=O)c2ccccc2)nc2ccccc21)C(C)CC. The maximum Gasteiger partial charge on any atom is 0.251 e. The summed E-state index contributed by atoms with van der Waals surface area (Å²) in [6.07, 6.45) is 5.54. The van der Waals surface area contributed by atoms with Crippen molar-refractivity contribution >= 4 is 22.8 Å². The average Bonchev–Trinajstić information content (AvgIpc) is 3.23. The van der Waals surface area contributed by atoms with Gasteiger partial charge in [0.25, 0.3) is 5.91 Å². The van der Waals surface area contributed by atoms with Gasteiger partial charge in [0, 0.05) is 30.6 Å². The summed E-state index contributed by atoms with van der Waals surface area (Å²) in [5.41, 5.74) is 2.64. The van der Waals surface area contributed by atoms with E-state index < -0.39 is 0 Å². The lowest BCUT2D eigenvalue weighted by atomic mass is 10.1. The zero-order chi connectivity index (χ0) is 25.2. The molecule has 3 aromatic rings. The van der Waals surface area contributed by atoms with E-state index in [1.807, 2.05) is 53.4 Å². The second-order valence-corrected chi connectivity index (χ2v) is 9.35. The third-order valence-electron chi connectivity index (χ3n) is 6.85. The van der Waals surface area contributed by atoms with Crippen LogP contribution in [0.5, 0.6) is 0 Å². The molecule has 0 saturated heterocycles. The molecule has 0 saturated carbocycles. The highest BCUT2D eigenvalue weighted by Gasteiger charge is 2.25. The van der Waals surface area contributed by atoms with Crippen molar-refractivity contribution < 1.29 is 9.59 Å². The molecular weight excluding hydrogens is 436 g/mol. The Morgan fingerprint density at radius 2 is 1.57 bits per heavy atom. The van der Waals surface area contributed by atoms with E-state index >= 15 is 0 Å². The van der Waals surface area contributed by atoms with Gasteiger partial charge in [0.2, 0.25) is 5.91 Å². The fourth-order valence-electron chi connectivity index (χ4n) is 4.51. The summed E-state index contributed by atoms with van der Waals surface area (Å²) < 4.78 is 2.10. The number of nitrogens with zero attached hydrogens (tertiary/aromatic N) is 3. The zero-order valence-electron chi connectivity index (χ0n) is 21.7. The zero-order valence-corrected chi connectivity index (χ0v) is 21.7. The number of carbonyl (C=O) groups excluding carboxylic acids is 2. The molecule has 2 atom stereocenters. The molecule has 2 amide bonds. The Kier molecular flexibility index (Phi) is 9.88. The van der Waals surface area contributed by atoms with Crippen molar-refractivity contribution in [1.29, 1.82) is 0 Å². The van der Waals surface area contributed by atoms with Crippen LogP contribution >= 0.6 is 0 Å². The molecule has 0 aliphatic heterocycles. The van der Waals surface area contributed by atoms with Gasteiger partial charge in [0.1, 0.15) is 12.4 Å². The smallest absolute Gasteiger partial charge is 0.251 e. The minimum absolute atomic E-state index is 0.0296. The highest BCUT2D eigenvalue weighted by Crippen LogP contribution is 2.20. The molecule has 0 fully saturated rings. The van der Waals surface area contributed by atoms with E-state index in [0.717, 1.165) is 55.4 Å². The van der Waals surface area contributed by atoms with Crippen LogP contribution in [0.1, 0.15) is 76.0 Å². The van der Waals surface area contributed by atoms with Crippen LogP contribution in [0.25, 0.3) is 11.0 Å². The second kappa shape index (κ2) is 13.1. The quantitative estimate of drug-likeness (QED) is 0.326. The average molecular weight is 477 g/mol. The van der Waals surface area contributed by atoms with Crippen LogP contribution in [-0.2, 0) is 17.8 Å². The summed E-state index contributed by atoms with van der Waals surface area (Å²) in [6.45, 7) is 9.50. The molecule has 2 aromatic carbocycles. The van der Waals surface area contributed by atoms with E-state index in [9.17, 15) is 9.59 Å². The number of hydrogen-bond acceptors (Lipinski definition) is 3. The number of nitrogens with one attached hydrogen (secondary N) is 1. The molecule has 0 bridgehead atoms. The normalized spacial score (nSPS) is 12.9. The molecule has 188 valence electrons. The molecule has 3 rings (SSSR count). The van der Waals surface area contributed by atoms with Crippen LogP contribution in [-0.4, -0.2) is 44.9 Å². The predicted molar refractivity (Wildman–Crippen MR) is 142 cm³/mol. The van der Waals surface area contributed by atoms with Gasteiger partial charge in [-0.15, -0.1) is 0 Å². The first kappa shape index (κ1) is 26.5. The predicted octanol–water partition coefficient (Wildman–Crippen LogP) is 5.60. The summed E-state index contributed by atoms with van der Waals surface area (Å²) in [5.74, 6) is 1.08. The van der Waals surface area contributed by atoms with Crippen LogP contribution < -0.4 is 5.32 Å². The Morgan fingerprint density at radius 3 is 2.26 bits per heavy atom. The lowest BCUT2D eigenvalue weighted by Crippen LogP contribution is -2.45. The molecule has 6 nitrogen and oxygen atoms in total. The van der Waals surface area contributed by atoms with E-state index in [0.29, 0.717) is 18.7 Å². The third kappa shape index (κ3) is 6.93. The number of aromatic nitrogens is 2. The highest BCUT2D eigenvalue weighted by atomic mass is 16.2. The molecule has 2 unspecified atom stereocenters. The molecule has 0 radical (unpaired) electrons. The Balaban J connectivity index is 1.61.